The Labute approximate surface area is 142 Å². The van der Waals surface area contributed by atoms with E-state index in [9.17, 15) is 14.4 Å². The van der Waals surface area contributed by atoms with Crippen LogP contribution in [0.4, 0.5) is 16.0 Å². The van der Waals surface area contributed by atoms with Crippen molar-refractivity contribution in [2.75, 3.05) is 11.1 Å². The van der Waals surface area contributed by atoms with Crippen LogP contribution in [0.1, 0.15) is 29.7 Å². The van der Waals surface area contributed by atoms with Crippen molar-refractivity contribution in [3.63, 3.8) is 0 Å². The average molecular weight is 338 g/mol. The van der Waals surface area contributed by atoms with Gasteiger partial charge in [0.1, 0.15) is 35.4 Å². The quantitative estimate of drug-likeness (QED) is 0.757. The van der Waals surface area contributed by atoms with E-state index in [4.69, 9.17) is 5.73 Å². The van der Waals surface area contributed by atoms with Crippen LogP contribution in [0.5, 0.6) is 0 Å². The highest BCUT2D eigenvalue weighted by molar-refractivity contribution is 5.63. The summed E-state index contributed by atoms with van der Waals surface area (Å²) in [4.78, 5) is 20.3. The number of nitriles is 1. The molecule has 0 aliphatic carbocycles. The Morgan fingerprint density at radius 2 is 2.16 bits per heavy atom. The third-order valence-corrected chi connectivity index (χ3v) is 4.03. The van der Waals surface area contributed by atoms with Crippen LogP contribution in [0.25, 0.3) is 5.52 Å². The van der Waals surface area contributed by atoms with Crippen molar-refractivity contribution < 1.29 is 4.39 Å². The molecule has 3 aromatic rings. The predicted octanol–water partition coefficient (Wildman–Crippen LogP) is 2.16. The Morgan fingerprint density at radius 3 is 2.88 bits per heavy atom. The van der Waals surface area contributed by atoms with Crippen molar-refractivity contribution >= 4 is 17.2 Å². The topological polar surface area (TPSA) is 109 Å². The molecular formula is C17H15FN6O. The number of nitrogens with zero attached hydrogens (tertiary/aromatic N) is 4. The molecular weight excluding hydrogens is 323 g/mol. The minimum atomic E-state index is -0.483. The molecule has 0 radical (unpaired) electrons. The Kier molecular flexibility index (Phi) is 4.07. The van der Waals surface area contributed by atoms with Crippen molar-refractivity contribution in [1.82, 2.24) is 14.4 Å². The van der Waals surface area contributed by atoms with Crippen molar-refractivity contribution in [3.8, 4) is 6.07 Å². The monoisotopic (exact) mass is 338 g/mol. The molecule has 0 aliphatic heterocycles. The first-order valence-corrected chi connectivity index (χ1v) is 7.51. The van der Waals surface area contributed by atoms with E-state index in [-0.39, 0.29) is 23.0 Å². The summed E-state index contributed by atoms with van der Waals surface area (Å²) in [5, 5.41) is 12.3. The molecule has 3 aromatic heterocycles. The molecule has 1 atom stereocenters. The number of nitrogen functional groups attached to an aromatic ring is 1. The van der Waals surface area contributed by atoms with E-state index < -0.39 is 5.82 Å². The molecule has 126 valence electrons. The number of nitrogens with one attached hydrogen (secondary N) is 1. The third kappa shape index (κ3) is 2.87. The average Bonchev–Trinajstić information content (AvgIpc) is 2.58. The zero-order valence-corrected chi connectivity index (χ0v) is 13.6. The van der Waals surface area contributed by atoms with Crippen LogP contribution in [-0.4, -0.2) is 14.4 Å². The normalized spacial score (nSPS) is 11.9. The number of pyridine rings is 2. The standard InChI is InChI=1S/C17H15FN6O/c1-9-13(5-12-4-3-11(18)7-24(12)17(9)25)10(2)23-16-14(6-19)15(20)21-8-22-16/h3-5,7-8,10H,1-2H3,(H3,20,21,22,23). The maximum absolute atomic E-state index is 13.4. The smallest absolute Gasteiger partial charge is 0.258 e. The van der Waals surface area contributed by atoms with Crippen LogP contribution in [0, 0.1) is 24.1 Å². The zero-order chi connectivity index (χ0) is 18.1. The van der Waals surface area contributed by atoms with Gasteiger partial charge in [-0.2, -0.15) is 5.26 Å². The maximum atomic E-state index is 13.4. The summed E-state index contributed by atoms with van der Waals surface area (Å²) in [6.45, 7) is 3.51. The summed E-state index contributed by atoms with van der Waals surface area (Å²) in [5.74, 6) is -0.109. The number of halogens is 1. The van der Waals surface area contributed by atoms with Gasteiger partial charge in [0.15, 0.2) is 0 Å². The molecule has 8 heteroatoms. The number of hydrogen-bond acceptors (Lipinski definition) is 6. The number of fused-ring (bicyclic) bond motifs is 1. The number of aromatic nitrogens is 3. The van der Waals surface area contributed by atoms with Gasteiger partial charge in [-0.05, 0) is 37.6 Å². The molecule has 0 aromatic carbocycles. The van der Waals surface area contributed by atoms with Crippen molar-refractivity contribution in [1.29, 1.82) is 5.26 Å². The van der Waals surface area contributed by atoms with E-state index in [2.05, 4.69) is 15.3 Å². The lowest BCUT2D eigenvalue weighted by molar-refractivity contribution is 0.617. The highest BCUT2D eigenvalue weighted by atomic mass is 19.1. The first-order valence-electron chi connectivity index (χ1n) is 7.51. The molecule has 1 unspecified atom stereocenters. The summed E-state index contributed by atoms with van der Waals surface area (Å²) in [7, 11) is 0. The number of rotatable bonds is 3. The lowest BCUT2D eigenvalue weighted by Gasteiger charge is -2.18. The molecule has 0 aliphatic rings. The first-order chi connectivity index (χ1) is 11.9. The van der Waals surface area contributed by atoms with Crippen molar-refractivity contribution in [2.45, 2.75) is 19.9 Å². The van der Waals surface area contributed by atoms with Gasteiger partial charge >= 0.3 is 0 Å². The van der Waals surface area contributed by atoms with Gasteiger partial charge < -0.3 is 11.1 Å². The van der Waals surface area contributed by atoms with E-state index >= 15 is 0 Å². The molecule has 0 amide bonds. The Bertz CT molecular complexity index is 1070. The largest absolute Gasteiger partial charge is 0.382 e. The van der Waals surface area contributed by atoms with E-state index in [0.717, 1.165) is 11.8 Å². The molecule has 3 N–H and O–H groups in total. The SMILES string of the molecule is Cc1c(C(C)Nc2ncnc(N)c2C#N)cc2ccc(F)cn2c1=O. The highest BCUT2D eigenvalue weighted by Gasteiger charge is 2.16. The Balaban J connectivity index is 2.07. The number of hydrogen-bond donors (Lipinski definition) is 2. The minimum absolute atomic E-state index is 0.0815. The molecule has 0 bridgehead atoms. The molecule has 25 heavy (non-hydrogen) atoms. The fourth-order valence-electron chi connectivity index (χ4n) is 2.70. The van der Waals surface area contributed by atoms with Crippen LogP contribution in [-0.2, 0) is 0 Å². The molecule has 0 fully saturated rings. The molecule has 0 spiro atoms. The van der Waals surface area contributed by atoms with E-state index in [1.54, 1.807) is 13.0 Å². The van der Waals surface area contributed by atoms with Crippen LogP contribution in [0.15, 0.2) is 35.5 Å². The van der Waals surface area contributed by atoms with Crippen LogP contribution < -0.4 is 16.6 Å². The zero-order valence-electron chi connectivity index (χ0n) is 13.6. The van der Waals surface area contributed by atoms with Gasteiger partial charge in [-0.15, -0.1) is 0 Å². The second kappa shape index (κ2) is 6.20. The van der Waals surface area contributed by atoms with Crippen LogP contribution in [0.3, 0.4) is 0 Å². The summed E-state index contributed by atoms with van der Waals surface area (Å²) in [6, 6.07) is 6.26. The van der Waals surface area contributed by atoms with Gasteiger partial charge in [-0.1, -0.05) is 0 Å². The first kappa shape index (κ1) is 16.4. The fourth-order valence-corrected chi connectivity index (χ4v) is 2.70. The van der Waals surface area contributed by atoms with Gasteiger partial charge in [0.25, 0.3) is 5.56 Å². The lowest BCUT2D eigenvalue weighted by atomic mass is 10.0. The minimum Gasteiger partial charge on any atom is -0.382 e. The Hall–Kier alpha value is -3.47. The van der Waals surface area contributed by atoms with Crippen molar-refractivity contribution in [3.05, 3.63) is 63.6 Å². The fraction of sp³-hybridized carbons (Fsp3) is 0.176. The second-order valence-electron chi connectivity index (χ2n) is 5.63. The summed E-state index contributed by atoms with van der Waals surface area (Å²) in [5.41, 5.74) is 7.30. The highest BCUT2D eigenvalue weighted by Crippen LogP contribution is 2.24. The van der Waals surface area contributed by atoms with Gasteiger partial charge in [0.2, 0.25) is 0 Å². The number of anilines is 2. The maximum Gasteiger partial charge on any atom is 0.258 e. The van der Waals surface area contributed by atoms with Crippen LogP contribution >= 0.6 is 0 Å². The van der Waals surface area contributed by atoms with Gasteiger partial charge in [0.05, 0.1) is 6.04 Å². The van der Waals surface area contributed by atoms with Crippen molar-refractivity contribution in [2.24, 2.45) is 0 Å². The van der Waals surface area contributed by atoms with Gasteiger partial charge in [-0.25, -0.2) is 14.4 Å². The number of nitrogens with two attached hydrogens (primary N) is 1. The van der Waals surface area contributed by atoms with E-state index in [1.807, 2.05) is 13.0 Å². The molecule has 3 heterocycles. The Morgan fingerprint density at radius 1 is 1.40 bits per heavy atom. The molecule has 0 saturated heterocycles. The van der Waals surface area contributed by atoms with E-state index in [1.165, 1.54) is 22.9 Å². The van der Waals surface area contributed by atoms with Gasteiger partial charge in [-0.3, -0.25) is 9.20 Å². The molecule has 0 saturated carbocycles. The van der Waals surface area contributed by atoms with Crippen LogP contribution in [0.2, 0.25) is 0 Å². The summed E-state index contributed by atoms with van der Waals surface area (Å²) < 4.78 is 14.7. The second-order valence-corrected chi connectivity index (χ2v) is 5.63. The van der Waals surface area contributed by atoms with E-state index in [0.29, 0.717) is 16.9 Å². The molecule has 3 rings (SSSR count). The summed E-state index contributed by atoms with van der Waals surface area (Å²) >= 11 is 0. The summed E-state index contributed by atoms with van der Waals surface area (Å²) in [6.07, 6.45) is 2.42. The van der Waals surface area contributed by atoms with Gasteiger partial charge in [0, 0.05) is 17.3 Å². The lowest BCUT2D eigenvalue weighted by Crippen LogP contribution is -2.21. The molecule has 7 nitrogen and oxygen atoms in total. The third-order valence-electron chi connectivity index (χ3n) is 4.03. The predicted molar refractivity (Wildman–Crippen MR) is 91.6 cm³/mol.